The second-order valence-electron chi connectivity index (χ2n) is 7.90. The van der Waals surface area contributed by atoms with Crippen molar-refractivity contribution in [1.29, 1.82) is 0 Å². The van der Waals surface area contributed by atoms with Crippen LogP contribution in [0.2, 0.25) is 0 Å². The summed E-state index contributed by atoms with van der Waals surface area (Å²) >= 11 is 1.62. The van der Waals surface area contributed by atoms with Crippen LogP contribution in [0.3, 0.4) is 0 Å². The van der Waals surface area contributed by atoms with Crippen molar-refractivity contribution in [2.45, 2.75) is 13.1 Å². The maximum absolute atomic E-state index is 12.8. The van der Waals surface area contributed by atoms with Gasteiger partial charge in [-0.3, -0.25) is 14.3 Å². The van der Waals surface area contributed by atoms with Gasteiger partial charge in [0, 0.05) is 44.0 Å². The molecule has 4 rings (SSSR count). The summed E-state index contributed by atoms with van der Waals surface area (Å²) in [5.74, 6) is -0.239. The van der Waals surface area contributed by atoms with E-state index in [0.717, 1.165) is 27.3 Å². The van der Waals surface area contributed by atoms with Gasteiger partial charge in [0.1, 0.15) is 5.69 Å². The van der Waals surface area contributed by atoms with E-state index in [2.05, 4.69) is 17.4 Å². The number of amides is 2. The van der Waals surface area contributed by atoms with Crippen LogP contribution in [0.4, 0.5) is 0 Å². The molecule has 0 radical (unpaired) electrons. The minimum Gasteiger partial charge on any atom is -0.355 e. The van der Waals surface area contributed by atoms with Crippen LogP contribution in [-0.2, 0) is 17.9 Å². The Morgan fingerprint density at radius 3 is 2.47 bits per heavy atom. The fourth-order valence-corrected chi connectivity index (χ4v) is 4.29. The molecule has 0 unspecified atom stereocenters. The average Bonchev–Trinajstić information content (AvgIpc) is 3.53. The first-order valence-electron chi connectivity index (χ1n) is 10.9. The number of nitrogens with one attached hydrogen (secondary N) is 1. The zero-order valence-electron chi connectivity index (χ0n) is 19.1. The molecule has 0 spiro atoms. The standard InChI is InChI=1S/C27H26N4O2S/c1-28-27(33)22-12-10-21(11-13-22)17-30(2)25(32)15-14-23-19-31(18-20-7-4-3-5-8-20)29-26(23)24-9-6-16-34-24/h3-16,19H,17-18H2,1-2H3,(H,28,33). The second-order valence-corrected chi connectivity index (χ2v) is 8.84. The van der Waals surface area contributed by atoms with Crippen molar-refractivity contribution >= 4 is 29.2 Å². The van der Waals surface area contributed by atoms with Gasteiger partial charge < -0.3 is 10.2 Å². The Morgan fingerprint density at radius 1 is 1.03 bits per heavy atom. The summed E-state index contributed by atoms with van der Waals surface area (Å²) in [7, 11) is 3.36. The predicted molar refractivity (Wildman–Crippen MR) is 136 cm³/mol. The number of carbonyl (C=O) groups is 2. The second kappa shape index (κ2) is 10.8. The normalized spacial score (nSPS) is 11.0. The van der Waals surface area contributed by atoms with E-state index >= 15 is 0 Å². The van der Waals surface area contributed by atoms with Crippen molar-refractivity contribution in [2.75, 3.05) is 14.1 Å². The molecule has 0 bridgehead atoms. The fraction of sp³-hybridized carbons (Fsp3) is 0.148. The van der Waals surface area contributed by atoms with E-state index in [0.29, 0.717) is 18.7 Å². The van der Waals surface area contributed by atoms with Crippen LogP contribution in [0.15, 0.2) is 84.4 Å². The molecule has 2 amide bonds. The van der Waals surface area contributed by atoms with E-state index in [9.17, 15) is 9.59 Å². The minimum absolute atomic E-state index is 0.108. The van der Waals surface area contributed by atoms with E-state index in [1.165, 1.54) is 0 Å². The summed E-state index contributed by atoms with van der Waals surface area (Å²) in [5.41, 5.74) is 4.47. The first kappa shape index (κ1) is 23.2. The van der Waals surface area contributed by atoms with E-state index < -0.39 is 0 Å². The lowest BCUT2D eigenvalue weighted by molar-refractivity contribution is -0.125. The molecule has 2 aromatic carbocycles. The first-order chi connectivity index (χ1) is 16.5. The highest BCUT2D eigenvalue weighted by molar-refractivity contribution is 7.13. The van der Waals surface area contributed by atoms with Crippen LogP contribution >= 0.6 is 11.3 Å². The molecular formula is C27H26N4O2S. The summed E-state index contributed by atoms with van der Waals surface area (Å²) in [4.78, 5) is 27.2. The van der Waals surface area contributed by atoms with Gasteiger partial charge in [0.05, 0.1) is 11.4 Å². The molecule has 34 heavy (non-hydrogen) atoms. The SMILES string of the molecule is CNC(=O)c1ccc(CN(C)C(=O)C=Cc2cn(Cc3ccccc3)nc2-c2cccs2)cc1. The van der Waals surface area contributed by atoms with Gasteiger partial charge in [0.15, 0.2) is 0 Å². The number of thiophene rings is 1. The van der Waals surface area contributed by atoms with Gasteiger partial charge in [-0.15, -0.1) is 11.3 Å². The maximum Gasteiger partial charge on any atom is 0.251 e. The lowest BCUT2D eigenvalue weighted by Crippen LogP contribution is -2.24. The molecule has 0 atom stereocenters. The largest absolute Gasteiger partial charge is 0.355 e. The molecule has 6 nitrogen and oxygen atoms in total. The number of aromatic nitrogens is 2. The average molecular weight is 471 g/mol. The third-order valence-electron chi connectivity index (χ3n) is 5.38. The molecule has 7 heteroatoms. The highest BCUT2D eigenvalue weighted by Crippen LogP contribution is 2.28. The minimum atomic E-state index is -0.131. The van der Waals surface area contributed by atoms with Crippen molar-refractivity contribution in [3.63, 3.8) is 0 Å². The highest BCUT2D eigenvalue weighted by atomic mass is 32.1. The van der Waals surface area contributed by atoms with Crippen LogP contribution in [0, 0.1) is 0 Å². The van der Waals surface area contributed by atoms with Crippen LogP contribution in [0.1, 0.15) is 27.0 Å². The van der Waals surface area contributed by atoms with Gasteiger partial charge in [0.25, 0.3) is 5.91 Å². The zero-order chi connectivity index (χ0) is 23.9. The molecule has 0 fully saturated rings. The maximum atomic E-state index is 12.8. The Balaban J connectivity index is 1.48. The lowest BCUT2D eigenvalue weighted by Gasteiger charge is -2.15. The smallest absolute Gasteiger partial charge is 0.251 e. The Bertz CT molecular complexity index is 1280. The molecule has 0 saturated heterocycles. The van der Waals surface area contributed by atoms with Crippen molar-refractivity contribution in [1.82, 2.24) is 20.0 Å². The molecule has 0 aliphatic rings. The quantitative estimate of drug-likeness (QED) is 0.380. The highest BCUT2D eigenvalue weighted by Gasteiger charge is 2.12. The topological polar surface area (TPSA) is 67.2 Å². The monoisotopic (exact) mass is 470 g/mol. The van der Waals surface area contributed by atoms with Crippen LogP contribution in [0.5, 0.6) is 0 Å². The van der Waals surface area contributed by atoms with Crippen molar-refractivity contribution in [3.8, 4) is 10.6 Å². The molecule has 2 heterocycles. The molecule has 172 valence electrons. The molecule has 0 aliphatic carbocycles. The summed E-state index contributed by atoms with van der Waals surface area (Å²) < 4.78 is 1.91. The van der Waals surface area contributed by atoms with Crippen LogP contribution < -0.4 is 5.32 Å². The Hall–Kier alpha value is -3.97. The van der Waals surface area contributed by atoms with Gasteiger partial charge in [-0.25, -0.2) is 0 Å². The Labute approximate surface area is 203 Å². The van der Waals surface area contributed by atoms with Crippen molar-refractivity contribution in [3.05, 3.63) is 107 Å². The van der Waals surface area contributed by atoms with Gasteiger partial charge in [-0.1, -0.05) is 48.5 Å². The van der Waals surface area contributed by atoms with Gasteiger partial charge in [0.2, 0.25) is 5.91 Å². The fourth-order valence-electron chi connectivity index (χ4n) is 3.56. The van der Waals surface area contributed by atoms with Gasteiger partial charge in [-0.05, 0) is 40.8 Å². The van der Waals surface area contributed by atoms with E-state index in [1.54, 1.807) is 48.5 Å². The summed E-state index contributed by atoms with van der Waals surface area (Å²) in [6, 6.07) is 21.4. The predicted octanol–water partition coefficient (Wildman–Crippen LogP) is 4.69. The molecule has 0 aliphatic heterocycles. The van der Waals surface area contributed by atoms with E-state index in [-0.39, 0.29) is 11.8 Å². The van der Waals surface area contributed by atoms with E-state index in [1.807, 2.05) is 64.8 Å². The van der Waals surface area contributed by atoms with Crippen LogP contribution in [0.25, 0.3) is 16.6 Å². The van der Waals surface area contributed by atoms with Crippen LogP contribution in [-0.4, -0.2) is 40.6 Å². The zero-order valence-corrected chi connectivity index (χ0v) is 20.0. The van der Waals surface area contributed by atoms with Gasteiger partial charge >= 0.3 is 0 Å². The van der Waals surface area contributed by atoms with Crippen molar-refractivity contribution in [2.24, 2.45) is 0 Å². The Kier molecular flexibility index (Phi) is 7.34. The number of rotatable bonds is 8. The third kappa shape index (κ3) is 5.68. The summed E-state index contributed by atoms with van der Waals surface area (Å²) in [6.07, 6.45) is 5.39. The number of hydrogen-bond acceptors (Lipinski definition) is 4. The number of likely N-dealkylation sites (N-methyl/N-ethyl adjacent to an activating group) is 1. The molecule has 4 aromatic rings. The third-order valence-corrected chi connectivity index (χ3v) is 6.25. The van der Waals surface area contributed by atoms with Gasteiger partial charge in [-0.2, -0.15) is 5.10 Å². The summed E-state index contributed by atoms with van der Waals surface area (Å²) in [5, 5.41) is 9.41. The van der Waals surface area contributed by atoms with Crippen molar-refractivity contribution < 1.29 is 9.59 Å². The number of nitrogens with zero attached hydrogens (tertiary/aromatic N) is 3. The molecular weight excluding hydrogens is 444 g/mol. The number of benzene rings is 2. The first-order valence-corrected chi connectivity index (χ1v) is 11.8. The van der Waals surface area contributed by atoms with E-state index in [4.69, 9.17) is 5.10 Å². The Morgan fingerprint density at radius 2 is 1.79 bits per heavy atom. The molecule has 1 N–H and O–H groups in total. The summed E-state index contributed by atoms with van der Waals surface area (Å²) in [6.45, 7) is 1.11. The number of hydrogen-bond donors (Lipinski definition) is 1. The molecule has 2 aromatic heterocycles. The number of carbonyl (C=O) groups excluding carboxylic acids is 2. The lowest BCUT2D eigenvalue weighted by atomic mass is 10.1. The molecule has 0 saturated carbocycles.